The molecule has 0 amide bonds. The molecule has 0 aromatic heterocycles. The molecule has 0 saturated carbocycles. The van der Waals surface area contributed by atoms with Gasteiger partial charge >= 0.3 is 11.9 Å². The van der Waals surface area contributed by atoms with Crippen LogP contribution >= 0.6 is 12.4 Å². The van der Waals surface area contributed by atoms with E-state index in [0.29, 0.717) is 0 Å². The smallest absolute Gasteiger partial charge is 0.324 e. The van der Waals surface area contributed by atoms with Gasteiger partial charge in [0, 0.05) is 0 Å². The van der Waals surface area contributed by atoms with Gasteiger partial charge in [-0.2, -0.15) is 0 Å². The highest BCUT2D eigenvalue weighted by molar-refractivity contribution is 5.85. The summed E-state index contributed by atoms with van der Waals surface area (Å²) in [5.41, 5.74) is 9.80. The molecule has 0 heterocycles. The SMILES string of the molecule is CC(C)(C)OC(=O)[C@@H](N)CC(=O)OCN.Cl. The van der Waals surface area contributed by atoms with Gasteiger partial charge in [0.25, 0.3) is 0 Å². The fraction of sp³-hybridized carbons (Fsp3) is 0.778. The number of hydrogen-bond acceptors (Lipinski definition) is 6. The second-order valence-electron chi connectivity index (χ2n) is 4.03. The van der Waals surface area contributed by atoms with Gasteiger partial charge in [-0.05, 0) is 20.8 Å². The van der Waals surface area contributed by atoms with Crippen molar-refractivity contribution < 1.29 is 19.1 Å². The lowest BCUT2D eigenvalue weighted by atomic mass is 10.1. The van der Waals surface area contributed by atoms with Crippen LogP contribution < -0.4 is 11.5 Å². The highest BCUT2D eigenvalue weighted by Crippen LogP contribution is 2.08. The third kappa shape index (κ3) is 8.46. The van der Waals surface area contributed by atoms with Crippen LogP contribution in [0.25, 0.3) is 0 Å². The van der Waals surface area contributed by atoms with Crippen molar-refractivity contribution >= 4 is 24.3 Å². The van der Waals surface area contributed by atoms with E-state index in [0.717, 1.165) is 0 Å². The van der Waals surface area contributed by atoms with Crippen LogP contribution in [0.2, 0.25) is 0 Å². The van der Waals surface area contributed by atoms with Gasteiger partial charge < -0.3 is 15.2 Å². The number of halogens is 1. The summed E-state index contributed by atoms with van der Waals surface area (Å²) < 4.78 is 9.42. The minimum atomic E-state index is -1.01. The molecule has 0 radical (unpaired) electrons. The molecule has 0 rings (SSSR count). The minimum absolute atomic E-state index is 0. The van der Waals surface area contributed by atoms with Crippen molar-refractivity contribution in [3.05, 3.63) is 0 Å². The molecule has 0 aromatic carbocycles. The van der Waals surface area contributed by atoms with Crippen molar-refractivity contribution in [2.75, 3.05) is 6.73 Å². The summed E-state index contributed by atoms with van der Waals surface area (Å²) in [7, 11) is 0. The van der Waals surface area contributed by atoms with Crippen molar-refractivity contribution in [2.45, 2.75) is 38.8 Å². The molecule has 0 aliphatic heterocycles. The summed E-state index contributed by atoms with van der Waals surface area (Å²) in [4.78, 5) is 22.2. The van der Waals surface area contributed by atoms with Gasteiger partial charge in [0.15, 0.2) is 0 Å². The summed E-state index contributed by atoms with van der Waals surface area (Å²) >= 11 is 0. The first-order valence-corrected chi connectivity index (χ1v) is 4.60. The maximum atomic E-state index is 11.3. The number of rotatable bonds is 4. The van der Waals surface area contributed by atoms with E-state index < -0.39 is 23.6 Å². The van der Waals surface area contributed by atoms with E-state index in [1.807, 2.05) is 0 Å². The Kier molecular flexibility index (Phi) is 8.14. The summed E-state index contributed by atoms with van der Waals surface area (Å²) in [6.45, 7) is 4.93. The van der Waals surface area contributed by atoms with E-state index in [1.165, 1.54) is 0 Å². The number of ether oxygens (including phenoxy) is 2. The predicted octanol–water partition coefficient (Wildman–Crippen LogP) is -0.0733. The van der Waals surface area contributed by atoms with E-state index in [4.69, 9.17) is 16.2 Å². The molecule has 96 valence electrons. The molecule has 6 nitrogen and oxygen atoms in total. The Morgan fingerprint density at radius 3 is 2.19 bits per heavy atom. The van der Waals surface area contributed by atoms with Gasteiger partial charge in [-0.15, -0.1) is 12.4 Å². The molecule has 7 heteroatoms. The number of hydrogen-bond donors (Lipinski definition) is 2. The molecule has 0 saturated heterocycles. The molecular weight excluding hydrogens is 236 g/mol. The summed E-state index contributed by atoms with van der Waals surface area (Å²) in [6, 6.07) is -1.01. The maximum Gasteiger partial charge on any atom is 0.324 e. The van der Waals surface area contributed by atoms with Crippen LogP contribution in [0, 0.1) is 0 Å². The topological polar surface area (TPSA) is 105 Å². The van der Waals surface area contributed by atoms with Crippen LogP contribution in [0.4, 0.5) is 0 Å². The molecule has 0 aromatic rings. The van der Waals surface area contributed by atoms with Crippen molar-refractivity contribution in [2.24, 2.45) is 11.5 Å². The fourth-order valence-corrected chi connectivity index (χ4v) is 0.792. The number of nitrogens with two attached hydrogens (primary N) is 2. The Bertz CT molecular complexity index is 240. The molecule has 16 heavy (non-hydrogen) atoms. The Morgan fingerprint density at radius 2 is 1.81 bits per heavy atom. The van der Waals surface area contributed by atoms with Crippen LogP contribution in [0.3, 0.4) is 0 Å². The number of esters is 2. The first-order valence-electron chi connectivity index (χ1n) is 4.60. The van der Waals surface area contributed by atoms with Gasteiger partial charge in [-0.3, -0.25) is 15.3 Å². The zero-order valence-electron chi connectivity index (χ0n) is 9.69. The third-order valence-electron chi connectivity index (χ3n) is 1.34. The predicted molar refractivity (Wildman–Crippen MR) is 60.8 cm³/mol. The van der Waals surface area contributed by atoms with Crippen LogP contribution in [-0.4, -0.2) is 30.3 Å². The average molecular weight is 255 g/mol. The van der Waals surface area contributed by atoms with E-state index in [2.05, 4.69) is 4.74 Å². The van der Waals surface area contributed by atoms with Crippen molar-refractivity contribution in [3.63, 3.8) is 0 Å². The lowest BCUT2D eigenvalue weighted by Crippen LogP contribution is -2.39. The van der Waals surface area contributed by atoms with Crippen LogP contribution in [0.15, 0.2) is 0 Å². The van der Waals surface area contributed by atoms with E-state index >= 15 is 0 Å². The second-order valence-corrected chi connectivity index (χ2v) is 4.03. The summed E-state index contributed by atoms with van der Waals surface area (Å²) in [5.74, 6) is -1.24. The van der Waals surface area contributed by atoms with Gasteiger partial charge in [0.05, 0.1) is 6.42 Å². The fourth-order valence-electron chi connectivity index (χ4n) is 0.792. The van der Waals surface area contributed by atoms with E-state index in [1.54, 1.807) is 20.8 Å². The molecule has 0 aliphatic rings. The van der Waals surface area contributed by atoms with Crippen LogP contribution in [-0.2, 0) is 19.1 Å². The molecule has 0 bridgehead atoms. The lowest BCUT2D eigenvalue weighted by molar-refractivity contribution is -0.159. The molecule has 0 aliphatic carbocycles. The third-order valence-corrected chi connectivity index (χ3v) is 1.34. The van der Waals surface area contributed by atoms with Gasteiger partial charge in [-0.25, -0.2) is 0 Å². The zero-order valence-corrected chi connectivity index (χ0v) is 10.5. The second kappa shape index (κ2) is 7.43. The van der Waals surface area contributed by atoms with Crippen molar-refractivity contribution in [1.29, 1.82) is 0 Å². The summed E-state index contributed by atoms with van der Waals surface area (Å²) in [5, 5.41) is 0. The van der Waals surface area contributed by atoms with Crippen LogP contribution in [0.1, 0.15) is 27.2 Å². The molecule has 0 unspecified atom stereocenters. The molecule has 4 N–H and O–H groups in total. The van der Waals surface area contributed by atoms with Crippen LogP contribution in [0.5, 0.6) is 0 Å². The highest BCUT2D eigenvalue weighted by Gasteiger charge is 2.24. The van der Waals surface area contributed by atoms with Crippen molar-refractivity contribution in [3.8, 4) is 0 Å². The maximum absolute atomic E-state index is 11.3. The first kappa shape index (κ1) is 17.5. The normalized spacial score (nSPS) is 12.3. The molecular formula is C9H19ClN2O4. The largest absolute Gasteiger partial charge is 0.459 e. The van der Waals surface area contributed by atoms with Gasteiger partial charge in [-0.1, -0.05) is 0 Å². The minimum Gasteiger partial charge on any atom is -0.459 e. The quantitative estimate of drug-likeness (QED) is 0.537. The Morgan fingerprint density at radius 1 is 1.31 bits per heavy atom. The first-order chi connectivity index (χ1) is 6.76. The van der Waals surface area contributed by atoms with Gasteiger partial charge in [0.2, 0.25) is 0 Å². The van der Waals surface area contributed by atoms with E-state index in [-0.39, 0.29) is 25.6 Å². The Labute approximate surface area is 101 Å². The Hall–Kier alpha value is -0.850. The Balaban J connectivity index is 0. The zero-order chi connectivity index (χ0) is 12.1. The molecule has 1 atom stereocenters. The molecule has 0 spiro atoms. The average Bonchev–Trinajstić information content (AvgIpc) is 2.00. The highest BCUT2D eigenvalue weighted by atomic mass is 35.5. The number of carbonyl (C=O) groups excluding carboxylic acids is 2. The van der Waals surface area contributed by atoms with Crippen molar-refractivity contribution in [1.82, 2.24) is 0 Å². The monoisotopic (exact) mass is 254 g/mol. The lowest BCUT2D eigenvalue weighted by Gasteiger charge is -2.21. The molecule has 0 fully saturated rings. The number of carbonyl (C=O) groups is 2. The van der Waals surface area contributed by atoms with E-state index in [9.17, 15) is 9.59 Å². The standard InChI is InChI=1S/C9H18N2O4.ClH/c1-9(2,3)15-8(13)6(11)4-7(12)14-5-10;/h6H,4-5,10-11H2,1-3H3;1H/t6-;/m0./s1. The summed E-state index contributed by atoms with van der Waals surface area (Å²) in [6.07, 6.45) is -0.230. The van der Waals surface area contributed by atoms with Gasteiger partial charge in [0.1, 0.15) is 18.4 Å².